The van der Waals surface area contributed by atoms with Crippen molar-refractivity contribution in [3.8, 4) is 47.4 Å². The highest BCUT2D eigenvalue weighted by atomic mass is 32.1. The molecule has 0 radical (unpaired) electrons. The fourth-order valence-electron chi connectivity index (χ4n) is 4.17. The molecule has 0 bridgehead atoms. The molecule has 5 rings (SSSR count). The van der Waals surface area contributed by atoms with Crippen molar-refractivity contribution in [2.45, 2.75) is 65.2 Å². The Morgan fingerprint density at radius 1 is 0.349 bits per heavy atom. The first-order chi connectivity index (χ1) is 21.2. The summed E-state index contributed by atoms with van der Waals surface area (Å²) in [6.07, 6.45) is 9.94. The summed E-state index contributed by atoms with van der Waals surface area (Å²) >= 11 is 8.55. The van der Waals surface area contributed by atoms with Crippen LogP contribution in [0.25, 0.3) is 0 Å². The SMILES string of the molecule is CCCCCc1ccc(C#Cc2ccc(C#Cc3ccc(C#Cc4ccc(C#Cc5ccc(CCCCC)s5)s4)s3)s2)s1. The molecule has 0 aliphatic heterocycles. The summed E-state index contributed by atoms with van der Waals surface area (Å²) < 4.78 is 0. The molecule has 0 N–H and O–H groups in total. The third kappa shape index (κ3) is 10.2. The molecule has 5 aromatic heterocycles. The molecule has 0 aliphatic rings. The zero-order valence-electron chi connectivity index (χ0n) is 24.5. The minimum atomic E-state index is 1.02. The summed E-state index contributed by atoms with van der Waals surface area (Å²) in [4.78, 5) is 11.3. The Balaban J connectivity index is 1.14. The summed E-state index contributed by atoms with van der Waals surface area (Å²) in [6, 6.07) is 21.1. The van der Waals surface area contributed by atoms with Crippen molar-refractivity contribution in [2.24, 2.45) is 0 Å². The lowest BCUT2D eigenvalue weighted by Crippen LogP contribution is -1.78. The van der Waals surface area contributed by atoms with Crippen LogP contribution in [-0.4, -0.2) is 0 Å². The molecule has 0 nitrogen and oxygen atoms in total. The van der Waals surface area contributed by atoms with Crippen LogP contribution < -0.4 is 0 Å². The second-order valence-electron chi connectivity index (χ2n) is 9.94. The zero-order valence-corrected chi connectivity index (χ0v) is 28.6. The Bertz CT molecular complexity index is 1750. The molecule has 0 fully saturated rings. The van der Waals surface area contributed by atoms with Crippen molar-refractivity contribution in [3.05, 3.63) is 109 Å². The maximum atomic E-state index is 3.33. The van der Waals surface area contributed by atoms with Crippen molar-refractivity contribution < 1.29 is 0 Å². The minimum Gasteiger partial charge on any atom is -0.132 e. The molecular formula is C38H32S5. The Hall–Kier alpha value is -3.26. The van der Waals surface area contributed by atoms with E-state index in [1.807, 2.05) is 34.8 Å². The van der Waals surface area contributed by atoms with Crippen molar-refractivity contribution in [3.63, 3.8) is 0 Å². The second kappa shape index (κ2) is 16.6. The summed E-state index contributed by atoms with van der Waals surface area (Å²) in [7, 11) is 0. The molecule has 0 amide bonds. The molecule has 0 atom stereocenters. The van der Waals surface area contributed by atoms with Crippen LogP contribution in [0.5, 0.6) is 0 Å². The number of thiophene rings is 5. The van der Waals surface area contributed by atoms with Gasteiger partial charge in [0.15, 0.2) is 0 Å². The number of aryl methyl sites for hydroxylation is 2. The molecular weight excluding hydrogens is 617 g/mol. The minimum absolute atomic E-state index is 1.02. The highest BCUT2D eigenvalue weighted by Crippen LogP contribution is 2.22. The van der Waals surface area contributed by atoms with E-state index in [-0.39, 0.29) is 0 Å². The third-order valence-corrected chi connectivity index (χ3v) is 11.3. The van der Waals surface area contributed by atoms with Crippen molar-refractivity contribution in [2.75, 3.05) is 0 Å². The van der Waals surface area contributed by atoms with E-state index in [1.165, 1.54) is 48.3 Å². The molecule has 0 saturated heterocycles. The summed E-state index contributed by atoms with van der Waals surface area (Å²) in [5, 5.41) is 0. The van der Waals surface area contributed by atoms with Gasteiger partial charge in [-0.15, -0.1) is 56.7 Å². The van der Waals surface area contributed by atoms with Crippen LogP contribution in [-0.2, 0) is 12.8 Å². The fraction of sp³-hybridized carbons (Fsp3) is 0.263. The van der Waals surface area contributed by atoms with E-state index in [0.717, 1.165) is 51.9 Å². The van der Waals surface area contributed by atoms with Gasteiger partial charge in [-0.2, -0.15) is 0 Å². The number of hydrogen-bond acceptors (Lipinski definition) is 5. The van der Waals surface area contributed by atoms with E-state index in [9.17, 15) is 0 Å². The lowest BCUT2D eigenvalue weighted by atomic mass is 10.2. The van der Waals surface area contributed by atoms with Gasteiger partial charge in [0.2, 0.25) is 0 Å². The molecule has 214 valence electrons. The molecule has 0 spiro atoms. The van der Waals surface area contributed by atoms with Gasteiger partial charge in [-0.05, 0) is 134 Å². The number of rotatable bonds is 8. The number of hydrogen-bond donors (Lipinski definition) is 0. The first-order valence-corrected chi connectivity index (χ1v) is 18.8. The van der Waals surface area contributed by atoms with E-state index >= 15 is 0 Å². The van der Waals surface area contributed by atoms with Crippen LogP contribution in [0.1, 0.15) is 101 Å². The first-order valence-electron chi connectivity index (χ1n) is 14.7. The van der Waals surface area contributed by atoms with Crippen LogP contribution in [0.2, 0.25) is 0 Å². The fourth-order valence-corrected chi connectivity index (χ4v) is 8.11. The topological polar surface area (TPSA) is 0 Å². The summed E-state index contributed by atoms with van der Waals surface area (Å²) in [5.41, 5.74) is 0. The summed E-state index contributed by atoms with van der Waals surface area (Å²) in [5.74, 6) is 26.5. The molecule has 0 unspecified atom stereocenters. The van der Waals surface area contributed by atoms with Crippen LogP contribution in [0.15, 0.2) is 60.7 Å². The highest BCUT2D eigenvalue weighted by Gasteiger charge is 2.01. The van der Waals surface area contributed by atoms with Gasteiger partial charge in [0.25, 0.3) is 0 Å². The molecule has 5 heterocycles. The molecule has 0 aliphatic carbocycles. The smallest absolute Gasteiger partial charge is 0.0785 e. The largest absolute Gasteiger partial charge is 0.132 e. The lowest BCUT2D eigenvalue weighted by molar-refractivity contribution is 0.722. The van der Waals surface area contributed by atoms with Gasteiger partial charge in [-0.25, -0.2) is 0 Å². The predicted molar refractivity (Wildman–Crippen MR) is 192 cm³/mol. The average Bonchev–Trinajstić information content (AvgIpc) is 3.85. The van der Waals surface area contributed by atoms with Crippen LogP contribution in [0.4, 0.5) is 0 Å². The zero-order chi connectivity index (χ0) is 29.7. The van der Waals surface area contributed by atoms with Crippen LogP contribution in [0.3, 0.4) is 0 Å². The van der Waals surface area contributed by atoms with Crippen molar-refractivity contribution >= 4 is 56.7 Å². The van der Waals surface area contributed by atoms with E-state index in [1.54, 1.807) is 34.0 Å². The monoisotopic (exact) mass is 648 g/mol. The molecule has 5 heteroatoms. The van der Waals surface area contributed by atoms with Gasteiger partial charge in [0.05, 0.1) is 39.0 Å². The van der Waals surface area contributed by atoms with Gasteiger partial charge in [0, 0.05) is 9.75 Å². The normalized spacial score (nSPS) is 10.1. The predicted octanol–water partition coefficient (Wildman–Crippen LogP) is 11.1. The molecule has 5 aromatic rings. The van der Waals surface area contributed by atoms with E-state index in [0.29, 0.717) is 0 Å². The standard InChI is InChI=1S/C38H32S5/c1-3-5-7-9-29-11-13-31(39-29)15-17-33-19-21-35(41-33)23-25-37-27-28-38(43-37)26-24-36-22-20-34(42-36)18-16-32-14-12-30(40-32)10-8-6-4-2/h11-14,19-22,27-28H,3-10H2,1-2H3. The van der Waals surface area contributed by atoms with Gasteiger partial charge < -0.3 is 0 Å². The van der Waals surface area contributed by atoms with Crippen LogP contribution >= 0.6 is 56.7 Å². The van der Waals surface area contributed by atoms with E-state index in [2.05, 4.69) is 110 Å². The third-order valence-electron chi connectivity index (χ3n) is 6.43. The van der Waals surface area contributed by atoms with Gasteiger partial charge in [-0.3, -0.25) is 0 Å². The Morgan fingerprint density at radius 3 is 0.884 bits per heavy atom. The Kier molecular flexibility index (Phi) is 12.0. The first kappa shape index (κ1) is 31.2. The number of unbranched alkanes of at least 4 members (excludes halogenated alkanes) is 4. The van der Waals surface area contributed by atoms with Crippen LogP contribution in [0, 0.1) is 47.4 Å². The molecule has 43 heavy (non-hydrogen) atoms. The Labute approximate surface area is 276 Å². The molecule has 0 aromatic carbocycles. The van der Waals surface area contributed by atoms with E-state index < -0.39 is 0 Å². The van der Waals surface area contributed by atoms with Gasteiger partial charge in [0.1, 0.15) is 0 Å². The van der Waals surface area contributed by atoms with Gasteiger partial charge >= 0.3 is 0 Å². The van der Waals surface area contributed by atoms with Crippen molar-refractivity contribution in [1.29, 1.82) is 0 Å². The van der Waals surface area contributed by atoms with E-state index in [4.69, 9.17) is 0 Å². The average molecular weight is 649 g/mol. The summed E-state index contributed by atoms with van der Waals surface area (Å²) in [6.45, 7) is 4.49. The van der Waals surface area contributed by atoms with Gasteiger partial charge in [-0.1, -0.05) is 39.5 Å². The maximum Gasteiger partial charge on any atom is 0.0785 e. The maximum absolute atomic E-state index is 3.33. The van der Waals surface area contributed by atoms with Crippen molar-refractivity contribution in [1.82, 2.24) is 0 Å². The molecule has 0 saturated carbocycles. The highest BCUT2D eigenvalue weighted by molar-refractivity contribution is 7.14. The Morgan fingerprint density at radius 2 is 0.605 bits per heavy atom. The quantitative estimate of drug-likeness (QED) is 0.116. The lowest BCUT2D eigenvalue weighted by Gasteiger charge is -1.93. The second-order valence-corrected chi connectivity index (χ2v) is 15.5.